The van der Waals surface area contributed by atoms with E-state index in [4.69, 9.17) is 17.4 Å². The number of halogens is 1. The smallest absolute Gasteiger partial charge is 0.270 e. The summed E-state index contributed by atoms with van der Waals surface area (Å²) >= 11 is 5.71. The molecule has 13 heavy (non-hydrogen) atoms. The zero-order valence-corrected chi connectivity index (χ0v) is 7.23. The van der Waals surface area contributed by atoms with Crippen LogP contribution < -0.4 is 5.84 Å². The van der Waals surface area contributed by atoms with Crippen molar-refractivity contribution in [2.75, 3.05) is 0 Å². The Labute approximate surface area is 79.0 Å². The van der Waals surface area contributed by atoms with Crippen LogP contribution in [0.2, 0.25) is 5.02 Å². The van der Waals surface area contributed by atoms with Crippen LogP contribution >= 0.6 is 11.6 Å². The molecule has 0 spiro atoms. The summed E-state index contributed by atoms with van der Waals surface area (Å²) < 4.78 is 0. The van der Waals surface area contributed by atoms with Crippen molar-refractivity contribution in [3.8, 4) is 0 Å². The fourth-order valence-corrected chi connectivity index (χ4v) is 0.990. The van der Waals surface area contributed by atoms with Gasteiger partial charge in [0.2, 0.25) is 0 Å². The third-order valence-corrected chi connectivity index (χ3v) is 1.75. The molecule has 0 unspecified atom stereocenters. The maximum absolute atomic E-state index is 10.4. The molecule has 0 atom stereocenters. The van der Waals surface area contributed by atoms with E-state index in [0.29, 0.717) is 10.6 Å². The van der Waals surface area contributed by atoms with Crippen molar-refractivity contribution in [2.24, 2.45) is 10.9 Å². The first-order chi connectivity index (χ1) is 6.15. The van der Waals surface area contributed by atoms with Gasteiger partial charge >= 0.3 is 0 Å². The van der Waals surface area contributed by atoms with Gasteiger partial charge in [-0.25, -0.2) is 0 Å². The molecule has 0 aromatic heterocycles. The Hall–Kier alpha value is -1.62. The van der Waals surface area contributed by atoms with E-state index in [0.717, 1.165) is 0 Å². The van der Waals surface area contributed by atoms with Gasteiger partial charge < -0.3 is 5.84 Å². The summed E-state index contributed by atoms with van der Waals surface area (Å²) in [6.45, 7) is 0. The van der Waals surface area contributed by atoms with Crippen molar-refractivity contribution < 1.29 is 4.92 Å². The number of nitrogens with zero attached hydrogens (tertiary/aromatic N) is 2. The lowest BCUT2D eigenvalue weighted by Crippen LogP contribution is -1.92. The van der Waals surface area contributed by atoms with E-state index in [2.05, 4.69) is 5.10 Å². The molecule has 6 heteroatoms. The highest BCUT2D eigenvalue weighted by Crippen LogP contribution is 2.20. The largest absolute Gasteiger partial charge is 0.323 e. The lowest BCUT2D eigenvalue weighted by molar-refractivity contribution is -0.384. The van der Waals surface area contributed by atoms with Gasteiger partial charge in [-0.1, -0.05) is 11.6 Å². The minimum atomic E-state index is -0.510. The molecule has 0 amide bonds. The maximum Gasteiger partial charge on any atom is 0.270 e. The molecule has 0 aliphatic carbocycles. The number of non-ortho nitro benzene ring substituents is 1. The highest BCUT2D eigenvalue weighted by atomic mass is 35.5. The zero-order chi connectivity index (χ0) is 9.84. The molecule has 0 fully saturated rings. The highest BCUT2D eigenvalue weighted by Gasteiger charge is 2.07. The van der Waals surface area contributed by atoms with Gasteiger partial charge in [0.1, 0.15) is 0 Å². The van der Waals surface area contributed by atoms with Gasteiger partial charge in [-0.3, -0.25) is 10.1 Å². The van der Waals surface area contributed by atoms with Gasteiger partial charge in [-0.2, -0.15) is 5.10 Å². The van der Waals surface area contributed by atoms with Crippen LogP contribution in [0.1, 0.15) is 5.56 Å². The number of hydrogen-bond donors (Lipinski definition) is 1. The Morgan fingerprint density at radius 3 is 2.85 bits per heavy atom. The lowest BCUT2D eigenvalue weighted by atomic mass is 10.2. The Balaban J connectivity index is 3.18. The minimum Gasteiger partial charge on any atom is -0.323 e. The van der Waals surface area contributed by atoms with E-state index in [1.165, 1.54) is 24.4 Å². The molecule has 5 nitrogen and oxygen atoms in total. The predicted octanol–water partition coefficient (Wildman–Crippen LogP) is 1.54. The third-order valence-electron chi connectivity index (χ3n) is 1.40. The van der Waals surface area contributed by atoms with Gasteiger partial charge in [-0.15, -0.1) is 0 Å². The Bertz CT molecular complexity index is 365. The molecule has 0 saturated heterocycles. The number of hydrogen-bond acceptors (Lipinski definition) is 4. The maximum atomic E-state index is 10.4. The van der Waals surface area contributed by atoms with Crippen LogP contribution in [0.3, 0.4) is 0 Å². The Morgan fingerprint density at radius 2 is 2.31 bits per heavy atom. The number of nitrogens with two attached hydrogens (primary N) is 1. The molecule has 0 saturated carbocycles. The van der Waals surface area contributed by atoms with Gasteiger partial charge in [-0.05, 0) is 6.07 Å². The number of benzene rings is 1. The molecular formula is C7H6ClN3O2. The lowest BCUT2D eigenvalue weighted by Gasteiger charge is -1.96. The summed E-state index contributed by atoms with van der Waals surface area (Å²) in [5.41, 5.74) is 0.387. The third kappa shape index (κ3) is 2.16. The van der Waals surface area contributed by atoms with Crippen LogP contribution in [0.4, 0.5) is 5.69 Å². The quantitative estimate of drug-likeness (QED) is 0.340. The summed E-state index contributed by atoms with van der Waals surface area (Å²) in [4.78, 5) is 9.85. The molecule has 1 aromatic rings. The molecule has 0 aliphatic rings. The molecule has 0 heterocycles. The van der Waals surface area contributed by atoms with Crippen LogP contribution in [-0.4, -0.2) is 11.1 Å². The number of nitro groups is 1. The van der Waals surface area contributed by atoms with Crippen LogP contribution in [-0.2, 0) is 0 Å². The second-order valence-corrected chi connectivity index (χ2v) is 2.65. The first-order valence-electron chi connectivity index (χ1n) is 3.32. The highest BCUT2D eigenvalue weighted by molar-refractivity contribution is 6.33. The van der Waals surface area contributed by atoms with Crippen molar-refractivity contribution >= 4 is 23.5 Å². The second-order valence-electron chi connectivity index (χ2n) is 2.24. The van der Waals surface area contributed by atoms with Crippen molar-refractivity contribution in [3.63, 3.8) is 0 Å². The van der Waals surface area contributed by atoms with E-state index in [-0.39, 0.29) is 5.69 Å². The van der Waals surface area contributed by atoms with Crippen molar-refractivity contribution in [2.45, 2.75) is 0 Å². The van der Waals surface area contributed by atoms with Crippen molar-refractivity contribution in [1.82, 2.24) is 0 Å². The van der Waals surface area contributed by atoms with Crippen LogP contribution in [0.25, 0.3) is 0 Å². The fraction of sp³-hybridized carbons (Fsp3) is 0. The first-order valence-corrected chi connectivity index (χ1v) is 3.70. The Kier molecular flexibility index (Phi) is 2.81. The van der Waals surface area contributed by atoms with Gasteiger partial charge in [0.25, 0.3) is 5.69 Å². The average Bonchev–Trinajstić information content (AvgIpc) is 2.08. The van der Waals surface area contributed by atoms with Crippen LogP contribution in [0.15, 0.2) is 23.3 Å². The average molecular weight is 200 g/mol. The van der Waals surface area contributed by atoms with Gasteiger partial charge in [0.15, 0.2) is 0 Å². The molecule has 0 radical (unpaired) electrons. The van der Waals surface area contributed by atoms with Crippen molar-refractivity contribution in [3.05, 3.63) is 38.9 Å². The fourth-order valence-electron chi connectivity index (χ4n) is 0.824. The molecule has 1 rings (SSSR count). The topological polar surface area (TPSA) is 81.5 Å². The van der Waals surface area contributed by atoms with E-state index < -0.39 is 4.92 Å². The summed E-state index contributed by atoms with van der Waals surface area (Å²) in [7, 11) is 0. The van der Waals surface area contributed by atoms with E-state index in [9.17, 15) is 10.1 Å². The van der Waals surface area contributed by atoms with Crippen LogP contribution in [0, 0.1) is 10.1 Å². The number of nitro benzene ring substituents is 1. The van der Waals surface area contributed by atoms with E-state index >= 15 is 0 Å². The molecular weight excluding hydrogens is 194 g/mol. The summed E-state index contributed by atoms with van der Waals surface area (Å²) in [5, 5.41) is 14.0. The SMILES string of the molecule is NN=Cc1cc([N+](=O)[O-])ccc1Cl. The molecule has 68 valence electrons. The zero-order valence-electron chi connectivity index (χ0n) is 6.48. The normalized spacial score (nSPS) is 10.5. The standard InChI is InChI=1S/C7H6ClN3O2/c8-7-2-1-6(11(12)13)3-5(7)4-10-9/h1-4H,9H2. The monoisotopic (exact) mass is 199 g/mol. The minimum absolute atomic E-state index is 0.0423. The molecule has 1 aromatic carbocycles. The molecule has 0 aliphatic heterocycles. The predicted molar refractivity (Wildman–Crippen MR) is 49.9 cm³/mol. The van der Waals surface area contributed by atoms with E-state index in [1.807, 2.05) is 0 Å². The van der Waals surface area contributed by atoms with Gasteiger partial charge in [0, 0.05) is 22.7 Å². The number of rotatable bonds is 2. The Morgan fingerprint density at radius 1 is 1.62 bits per heavy atom. The first kappa shape index (κ1) is 9.47. The van der Waals surface area contributed by atoms with E-state index in [1.54, 1.807) is 0 Å². The van der Waals surface area contributed by atoms with Gasteiger partial charge in [0.05, 0.1) is 11.1 Å². The summed E-state index contributed by atoms with van der Waals surface area (Å²) in [6, 6.07) is 4.05. The molecule has 2 N–H and O–H groups in total. The molecule has 0 bridgehead atoms. The number of hydrazone groups is 1. The summed E-state index contributed by atoms with van der Waals surface area (Å²) in [6.07, 6.45) is 1.26. The van der Waals surface area contributed by atoms with Crippen molar-refractivity contribution in [1.29, 1.82) is 0 Å². The van der Waals surface area contributed by atoms with Crippen LogP contribution in [0.5, 0.6) is 0 Å². The summed E-state index contributed by atoms with van der Waals surface area (Å²) in [5.74, 6) is 4.90. The second kappa shape index (κ2) is 3.86.